The van der Waals surface area contributed by atoms with Gasteiger partial charge in [-0.1, -0.05) is 19.1 Å². The van der Waals surface area contributed by atoms with E-state index in [0.717, 1.165) is 0 Å². The van der Waals surface area contributed by atoms with Gasteiger partial charge < -0.3 is 9.84 Å². The zero-order valence-electron chi connectivity index (χ0n) is 8.69. The lowest BCUT2D eigenvalue weighted by Crippen LogP contribution is -2.12. The van der Waals surface area contributed by atoms with E-state index >= 15 is 0 Å². The van der Waals surface area contributed by atoms with E-state index in [4.69, 9.17) is 5.11 Å². The quantitative estimate of drug-likeness (QED) is 0.845. The summed E-state index contributed by atoms with van der Waals surface area (Å²) in [6, 6.07) is 6.06. The molecular weight excluding hydrogens is 218 g/mol. The molecule has 0 fully saturated rings. The van der Waals surface area contributed by atoms with Crippen LogP contribution in [0.25, 0.3) is 0 Å². The molecule has 0 aliphatic rings. The lowest BCUT2D eigenvalue weighted by atomic mass is 10.0. The van der Waals surface area contributed by atoms with Gasteiger partial charge in [0.05, 0.1) is 5.92 Å². The molecule has 1 N–H and O–H groups in total. The lowest BCUT2D eigenvalue weighted by Gasteiger charge is -2.08. The largest absolute Gasteiger partial charge is 0.481 e. The third-order valence-electron chi connectivity index (χ3n) is 2.09. The Morgan fingerprint density at radius 1 is 1.50 bits per heavy atom. The molecule has 0 aliphatic carbocycles. The molecule has 1 unspecified atom stereocenters. The first-order valence-corrected chi connectivity index (χ1v) is 4.75. The van der Waals surface area contributed by atoms with Crippen LogP contribution in [0.1, 0.15) is 12.5 Å². The van der Waals surface area contributed by atoms with Crippen molar-refractivity contribution >= 4 is 5.97 Å². The molecule has 88 valence electrons. The Bertz CT molecular complexity index is 366. The molecule has 0 saturated heterocycles. The number of ether oxygens (including phenoxy) is 1. The second-order valence-corrected chi connectivity index (χ2v) is 3.47. The number of carboxylic acid groups (broad SMARTS) is 1. The predicted octanol–water partition coefficient (Wildman–Crippen LogP) is 2.55. The molecule has 0 amide bonds. The number of hydrogen-bond acceptors (Lipinski definition) is 2. The van der Waals surface area contributed by atoms with E-state index in [1.807, 2.05) is 0 Å². The first-order valence-electron chi connectivity index (χ1n) is 4.75. The predicted molar refractivity (Wildman–Crippen MR) is 53.6 cm³/mol. The highest BCUT2D eigenvalue weighted by atomic mass is 19.3. The van der Waals surface area contributed by atoms with Crippen molar-refractivity contribution in [2.24, 2.45) is 5.92 Å². The lowest BCUT2D eigenvalue weighted by molar-refractivity contribution is -0.141. The van der Waals surface area contributed by atoms with Crippen molar-refractivity contribution in [2.75, 3.05) is 0 Å². The Hall–Kier alpha value is -1.65. The van der Waals surface area contributed by atoms with Crippen molar-refractivity contribution in [2.45, 2.75) is 20.0 Å². The summed E-state index contributed by atoms with van der Waals surface area (Å²) in [5.41, 5.74) is 0.660. The smallest absolute Gasteiger partial charge is 0.387 e. The van der Waals surface area contributed by atoms with E-state index < -0.39 is 18.5 Å². The molecule has 3 nitrogen and oxygen atoms in total. The standard InChI is InChI=1S/C11H12F2O3/c1-7(10(14)15)5-8-3-2-4-9(6-8)16-11(12)13/h2-4,6-7,11H,5H2,1H3,(H,14,15). The Morgan fingerprint density at radius 2 is 2.19 bits per heavy atom. The van der Waals surface area contributed by atoms with Crippen LogP contribution in [-0.4, -0.2) is 17.7 Å². The van der Waals surface area contributed by atoms with Crippen molar-refractivity contribution in [1.29, 1.82) is 0 Å². The van der Waals surface area contributed by atoms with Crippen LogP contribution in [-0.2, 0) is 11.2 Å². The van der Waals surface area contributed by atoms with Gasteiger partial charge in [0.2, 0.25) is 0 Å². The number of carbonyl (C=O) groups is 1. The average molecular weight is 230 g/mol. The molecule has 0 bridgehead atoms. The minimum Gasteiger partial charge on any atom is -0.481 e. The second-order valence-electron chi connectivity index (χ2n) is 3.47. The highest BCUT2D eigenvalue weighted by Gasteiger charge is 2.12. The number of aliphatic carboxylic acids is 1. The van der Waals surface area contributed by atoms with Crippen LogP contribution < -0.4 is 4.74 Å². The van der Waals surface area contributed by atoms with Crippen molar-refractivity contribution in [3.63, 3.8) is 0 Å². The Kier molecular flexibility index (Phi) is 4.22. The first-order chi connectivity index (χ1) is 7.49. The van der Waals surface area contributed by atoms with E-state index in [1.54, 1.807) is 19.1 Å². The number of carboxylic acids is 1. The Morgan fingerprint density at radius 3 is 2.75 bits per heavy atom. The molecule has 0 aliphatic heterocycles. The van der Waals surface area contributed by atoms with Crippen LogP contribution in [0.2, 0.25) is 0 Å². The fourth-order valence-electron chi connectivity index (χ4n) is 1.29. The van der Waals surface area contributed by atoms with Crippen LogP contribution in [0, 0.1) is 5.92 Å². The molecule has 1 rings (SSSR count). The van der Waals surface area contributed by atoms with E-state index in [-0.39, 0.29) is 12.2 Å². The van der Waals surface area contributed by atoms with Crippen molar-refractivity contribution < 1.29 is 23.4 Å². The fraction of sp³-hybridized carbons (Fsp3) is 0.364. The highest BCUT2D eigenvalue weighted by molar-refractivity contribution is 5.69. The van der Waals surface area contributed by atoms with Gasteiger partial charge in [0.25, 0.3) is 0 Å². The van der Waals surface area contributed by atoms with Gasteiger partial charge in [0.1, 0.15) is 5.75 Å². The van der Waals surface area contributed by atoms with Crippen LogP contribution >= 0.6 is 0 Å². The third-order valence-corrected chi connectivity index (χ3v) is 2.09. The highest BCUT2D eigenvalue weighted by Crippen LogP contribution is 2.18. The van der Waals surface area contributed by atoms with Crippen molar-refractivity contribution in [3.05, 3.63) is 29.8 Å². The van der Waals surface area contributed by atoms with Gasteiger partial charge in [0, 0.05) is 0 Å². The van der Waals surface area contributed by atoms with E-state index in [9.17, 15) is 13.6 Å². The number of halogens is 2. The Labute approximate surface area is 91.7 Å². The summed E-state index contributed by atoms with van der Waals surface area (Å²) < 4.78 is 28.1. The fourth-order valence-corrected chi connectivity index (χ4v) is 1.29. The first kappa shape index (κ1) is 12.4. The Balaban J connectivity index is 2.70. The summed E-state index contributed by atoms with van der Waals surface area (Å²) in [5, 5.41) is 8.71. The topological polar surface area (TPSA) is 46.5 Å². The van der Waals surface area contributed by atoms with Crippen LogP contribution in [0.15, 0.2) is 24.3 Å². The van der Waals surface area contributed by atoms with Gasteiger partial charge >= 0.3 is 12.6 Å². The third kappa shape index (κ3) is 3.84. The van der Waals surface area contributed by atoms with E-state index in [0.29, 0.717) is 5.56 Å². The van der Waals surface area contributed by atoms with Crippen LogP contribution in [0.4, 0.5) is 8.78 Å². The maximum absolute atomic E-state index is 11.9. The minimum atomic E-state index is -2.87. The summed E-state index contributed by atoms with van der Waals surface area (Å²) in [7, 11) is 0. The maximum atomic E-state index is 11.9. The summed E-state index contributed by atoms with van der Waals surface area (Å²) >= 11 is 0. The monoisotopic (exact) mass is 230 g/mol. The molecule has 0 spiro atoms. The van der Waals surface area contributed by atoms with Crippen LogP contribution in [0.3, 0.4) is 0 Å². The molecule has 1 aromatic carbocycles. The van der Waals surface area contributed by atoms with E-state index in [2.05, 4.69) is 4.74 Å². The number of benzene rings is 1. The molecule has 5 heteroatoms. The molecule has 0 radical (unpaired) electrons. The molecular formula is C11H12F2O3. The molecule has 1 atom stereocenters. The zero-order chi connectivity index (χ0) is 12.1. The SMILES string of the molecule is CC(Cc1cccc(OC(F)F)c1)C(=O)O. The molecule has 0 heterocycles. The average Bonchev–Trinajstić information content (AvgIpc) is 2.16. The number of alkyl halides is 2. The van der Waals surface area contributed by atoms with E-state index in [1.165, 1.54) is 12.1 Å². The maximum Gasteiger partial charge on any atom is 0.387 e. The van der Waals surface area contributed by atoms with Crippen molar-refractivity contribution in [3.8, 4) is 5.75 Å². The molecule has 0 saturated carbocycles. The summed E-state index contributed by atoms with van der Waals surface area (Å²) in [6.07, 6.45) is 0.287. The van der Waals surface area contributed by atoms with Crippen molar-refractivity contribution in [1.82, 2.24) is 0 Å². The molecule has 0 aromatic heterocycles. The molecule has 16 heavy (non-hydrogen) atoms. The van der Waals surface area contributed by atoms with Gasteiger partial charge in [-0.05, 0) is 24.1 Å². The normalized spacial score (nSPS) is 12.5. The summed E-state index contributed by atoms with van der Waals surface area (Å²) in [6.45, 7) is -1.31. The van der Waals surface area contributed by atoms with Gasteiger partial charge in [0.15, 0.2) is 0 Å². The van der Waals surface area contributed by atoms with Gasteiger partial charge in [-0.25, -0.2) is 0 Å². The summed E-state index contributed by atoms with van der Waals surface area (Å²) in [4.78, 5) is 10.6. The second kappa shape index (κ2) is 5.44. The minimum absolute atomic E-state index is 0.0464. The van der Waals surface area contributed by atoms with Gasteiger partial charge in [-0.2, -0.15) is 8.78 Å². The summed E-state index contributed by atoms with van der Waals surface area (Å²) in [5.74, 6) is -1.42. The zero-order valence-corrected chi connectivity index (χ0v) is 8.69. The molecule has 1 aromatic rings. The van der Waals surface area contributed by atoms with Crippen LogP contribution in [0.5, 0.6) is 5.75 Å². The number of hydrogen-bond donors (Lipinski definition) is 1. The number of rotatable bonds is 5. The van der Waals surface area contributed by atoms with Gasteiger partial charge in [-0.15, -0.1) is 0 Å². The van der Waals surface area contributed by atoms with Gasteiger partial charge in [-0.3, -0.25) is 4.79 Å².